The summed E-state index contributed by atoms with van der Waals surface area (Å²) >= 11 is 0. The van der Waals surface area contributed by atoms with Crippen LogP contribution in [0.15, 0.2) is 0 Å². The summed E-state index contributed by atoms with van der Waals surface area (Å²) in [6.45, 7) is 9.57. The van der Waals surface area contributed by atoms with E-state index in [0.717, 1.165) is 23.7 Å². The van der Waals surface area contributed by atoms with Crippen LogP contribution in [0.1, 0.15) is 53.4 Å². The Hall–Kier alpha value is 0. The monoisotopic (exact) mass is 168 g/mol. The van der Waals surface area contributed by atoms with Crippen LogP contribution < -0.4 is 0 Å². The van der Waals surface area contributed by atoms with Gasteiger partial charge in [0.2, 0.25) is 0 Å². The highest BCUT2D eigenvalue weighted by atomic mass is 14.3. The van der Waals surface area contributed by atoms with Crippen molar-refractivity contribution >= 4 is 0 Å². The summed E-state index contributed by atoms with van der Waals surface area (Å²) < 4.78 is 0. The molecule has 1 saturated carbocycles. The van der Waals surface area contributed by atoms with Gasteiger partial charge in [0.25, 0.3) is 0 Å². The summed E-state index contributed by atoms with van der Waals surface area (Å²) in [5.74, 6) is 3.89. The SMILES string of the molecule is CC(C)C[C@@H]1C[C@H](C)CC[C@@H]1C. The van der Waals surface area contributed by atoms with Crippen molar-refractivity contribution < 1.29 is 0 Å². The number of hydrogen-bond donors (Lipinski definition) is 0. The average molecular weight is 168 g/mol. The predicted octanol–water partition coefficient (Wildman–Crippen LogP) is 4.10. The van der Waals surface area contributed by atoms with Gasteiger partial charge in [-0.2, -0.15) is 0 Å². The molecular weight excluding hydrogens is 144 g/mol. The summed E-state index contributed by atoms with van der Waals surface area (Å²) in [5.41, 5.74) is 0. The van der Waals surface area contributed by atoms with Gasteiger partial charge in [-0.15, -0.1) is 0 Å². The van der Waals surface area contributed by atoms with Gasteiger partial charge in [-0.05, 0) is 36.5 Å². The Morgan fingerprint density at radius 3 is 2.42 bits per heavy atom. The lowest BCUT2D eigenvalue weighted by molar-refractivity contribution is 0.177. The Labute approximate surface area is 77.7 Å². The molecule has 0 saturated heterocycles. The molecule has 0 amide bonds. The normalized spacial score (nSPS) is 37.2. The van der Waals surface area contributed by atoms with Gasteiger partial charge in [-0.1, -0.05) is 40.5 Å². The molecule has 0 heterocycles. The molecule has 72 valence electrons. The maximum Gasteiger partial charge on any atom is -0.0384 e. The maximum absolute atomic E-state index is 2.44. The summed E-state index contributed by atoms with van der Waals surface area (Å²) in [4.78, 5) is 0. The molecule has 0 radical (unpaired) electrons. The highest BCUT2D eigenvalue weighted by Gasteiger charge is 2.25. The first-order valence-corrected chi connectivity index (χ1v) is 5.59. The van der Waals surface area contributed by atoms with E-state index in [1.807, 2.05) is 0 Å². The molecule has 0 N–H and O–H groups in total. The van der Waals surface area contributed by atoms with Gasteiger partial charge >= 0.3 is 0 Å². The first-order valence-electron chi connectivity index (χ1n) is 5.59. The summed E-state index contributed by atoms with van der Waals surface area (Å²) in [6.07, 6.45) is 5.87. The molecule has 0 spiro atoms. The molecule has 0 aliphatic heterocycles. The second-order valence-corrected chi connectivity index (χ2v) is 5.29. The van der Waals surface area contributed by atoms with Crippen molar-refractivity contribution in [2.24, 2.45) is 23.7 Å². The fourth-order valence-corrected chi connectivity index (χ4v) is 2.58. The summed E-state index contributed by atoms with van der Waals surface area (Å²) in [6, 6.07) is 0. The van der Waals surface area contributed by atoms with E-state index >= 15 is 0 Å². The fraction of sp³-hybridized carbons (Fsp3) is 1.00. The second kappa shape index (κ2) is 4.30. The van der Waals surface area contributed by atoms with E-state index < -0.39 is 0 Å². The Bertz CT molecular complexity index is 124. The molecule has 3 atom stereocenters. The van der Waals surface area contributed by atoms with E-state index in [0.29, 0.717) is 0 Å². The van der Waals surface area contributed by atoms with E-state index in [9.17, 15) is 0 Å². The molecular formula is C12H24. The van der Waals surface area contributed by atoms with E-state index in [4.69, 9.17) is 0 Å². The summed E-state index contributed by atoms with van der Waals surface area (Å²) in [5, 5.41) is 0. The zero-order chi connectivity index (χ0) is 9.14. The van der Waals surface area contributed by atoms with Crippen LogP contribution in [-0.4, -0.2) is 0 Å². The largest absolute Gasteiger partial charge is 0.0628 e. The van der Waals surface area contributed by atoms with Crippen molar-refractivity contribution in [3.8, 4) is 0 Å². The zero-order valence-electron chi connectivity index (χ0n) is 9.14. The Morgan fingerprint density at radius 2 is 1.83 bits per heavy atom. The van der Waals surface area contributed by atoms with Crippen LogP contribution >= 0.6 is 0 Å². The smallest absolute Gasteiger partial charge is 0.0384 e. The fourth-order valence-electron chi connectivity index (χ4n) is 2.58. The highest BCUT2D eigenvalue weighted by molar-refractivity contribution is 4.76. The molecule has 0 unspecified atom stereocenters. The average Bonchev–Trinajstić information content (AvgIpc) is 1.96. The van der Waals surface area contributed by atoms with E-state index in [1.165, 1.54) is 25.7 Å². The molecule has 0 aromatic carbocycles. The van der Waals surface area contributed by atoms with E-state index in [1.54, 1.807) is 0 Å². The lowest BCUT2D eigenvalue weighted by Gasteiger charge is -2.33. The molecule has 0 aromatic heterocycles. The third kappa shape index (κ3) is 2.80. The van der Waals surface area contributed by atoms with Crippen molar-refractivity contribution in [2.75, 3.05) is 0 Å². The second-order valence-electron chi connectivity index (χ2n) is 5.29. The first kappa shape index (κ1) is 10.1. The zero-order valence-corrected chi connectivity index (χ0v) is 9.14. The van der Waals surface area contributed by atoms with Crippen LogP contribution in [0, 0.1) is 23.7 Å². The molecule has 1 fully saturated rings. The Morgan fingerprint density at radius 1 is 1.17 bits per heavy atom. The molecule has 0 aromatic rings. The maximum atomic E-state index is 2.44. The molecule has 1 aliphatic rings. The molecule has 0 heteroatoms. The minimum Gasteiger partial charge on any atom is -0.0628 e. The lowest BCUT2D eigenvalue weighted by Crippen LogP contribution is -2.22. The highest BCUT2D eigenvalue weighted by Crippen LogP contribution is 2.36. The van der Waals surface area contributed by atoms with Crippen LogP contribution in [0.2, 0.25) is 0 Å². The van der Waals surface area contributed by atoms with Gasteiger partial charge in [0.1, 0.15) is 0 Å². The molecule has 0 bridgehead atoms. The van der Waals surface area contributed by atoms with Crippen LogP contribution in [0.5, 0.6) is 0 Å². The summed E-state index contributed by atoms with van der Waals surface area (Å²) in [7, 11) is 0. The van der Waals surface area contributed by atoms with Gasteiger partial charge in [-0.3, -0.25) is 0 Å². The van der Waals surface area contributed by atoms with Crippen molar-refractivity contribution in [2.45, 2.75) is 53.4 Å². The van der Waals surface area contributed by atoms with Crippen LogP contribution in [0.25, 0.3) is 0 Å². The van der Waals surface area contributed by atoms with Crippen molar-refractivity contribution in [3.05, 3.63) is 0 Å². The van der Waals surface area contributed by atoms with Crippen molar-refractivity contribution in [1.29, 1.82) is 0 Å². The number of hydrogen-bond acceptors (Lipinski definition) is 0. The van der Waals surface area contributed by atoms with Crippen LogP contribution in [0.4, 0.5) is 0 Å². The van der Waals surface area contributed by atoms with Crippen molar-refractivity contribution in [3.63, 3.8) is 0 Å². The van der Waals surface area contributed by atoms with Crippen LogP contribution in [0.3, 0.4) is 0 Å². The minimum atomic E-state index is 0.891. The Kier molecular flexibility index (Phi) is 3.61. The first-order chi connectivity index (χ1) is 5.59. The molecule has 1 rings (SSSR count). The van der Waals surface area contributed by atoms with Crippen LogP contribution in [-0.2, 0) is 0 Å². The Balaban J connectivity index is 2.38. The molecule has 1 aliphatic carbocycles. The van der Waals surface area contributed by atoms with E-state index in [2.05, 4.69) is 27.7 Å². The van der Waals surface area contributed by atoms with E-state index in [-0.39, 0.29) is 0 Å². The minimum absolute atomic E-state index is 0.891. The van der Waals surface area contributed by atoms with Gasteiger partial charge in [-0.25, -0.2) is 0 Å². The van der Waals surface area contributed by atoms with Gasteiger partial charge in [0.15, 0.2) is 0 Å². The van der Waals surface area contributed by atoms with Gasteiger partial charge in [0.05, 0.1) is 0 Å². The third-order valence-corrected chi connectivity index (χ3v) is 3.40. The standard InChI is InChI=1S/C12H24/c1-9(2)7-12-8-10(3)5-6-11(12)4/h9-12H,5-8H2,1-4H3/t10-,11+,12-/m1/s1. The van der Waals surface area contributed by atoms with Crippen molar-refractivity contribution in [1.82, 2.24) is 0 Å². The topological polar surface area (TPSA) is 0 Å². The third-order valence-electron chi connectivity index (χ3n) is 3.40. The quantitative estimate of drug-likeness (QED) is 0.582. The number of rotatable bonds is 2. The molecule has 12 heavy (non-hydrogen) atoms. The van der Waals surface area contributed by atoms with Gasteiger partial charge < -0.3 is 0 Å². The lowest BCUT2D eigenvalue weighted by atomic mass is 9.72. The van der Waals surface area contributed by atoms with Gasteiger partial charge in [0, 0.05) is 0 Å². The predicted molar refractivity (Wildman–Crippen MR) is 55.1 cm³/mol. The molecule has 0 nitrogen and oxygen atoms in total.